The molecule has 0 amide bonds. The summed E-state index contributed by atoms with van der Waals surface area (Å²) in [5.74, 6) is 0. The Hall–Kier alpha value is -2.85. The summed E-state index contributed by atoms with van der Waals surface area (Å²) < 4.78 is 0. The maximum absolute atomic E-state index is 4.72. The Morgan fingerprint density at radius 3 is 2.78 bits per heavy atom. The van der Waals surface area contributed by atoms with Crippen molar-refractivity contribution < 1.29 is 0 Å². The highest BCUT2D eigenvalue weighted by atomic mass is 32.1. The van der Waals surface area contributed by atoms with Crippen molar-refractivity contribution in [1.29, 1.82) is 0 Å². The summed E-state index contributed by atoms with van der Waals surface area (Å²) in [4.78, 5) is 11.9. The van der Waals surface area contributed by atoms with Crippen LogP contribution in [0.15, 0.2) is 71.9 Å². The van der Waals surface area contributed by atoms with E-state index in [0.29, 0.717) is 0 Å². The number of fused-ring (bicyclic) bond motifs is 2. The molecule has 0 fully saturated rings. The van der Waals surface area contributed by atoms with E-state index in [0.717, 1.165) is 13.0 Å². The number of hydrogen-bond donors (Lipinski definition) is 1. The van der Waals surface area contributed by atoms with E-state index < -0.39 is 0 Å². The van der Waals surface area contributed by atoms with Gasteiger partial charge in [0.05, 0.1) is 0 Å². The fraction of sp³-hybridized carbons (Fsp3) is 0.174. The zero-order valence-corrected chi connectivity index (χ0v) is 16.0. The van der Waals surface area contributed by atoms with Crippen molar-refractivity contribution in [3.63, 3.8) is 0 Å². The minimum absolute atomic E-state index is 0.171. The molecule has 1 unspecified atom stereocenters. The van der Waals surface area contributed by atoms with Crippen molar-refractivity contribution in [1.82, 2.24) is 4.98 Å². The molecular weight excluding hydrogens is 350 g/mol. The largest absolute Gasteiger partial charge is 0.361 e. The van der Waals surface area contributed by atoms with E-state index in [9.17, 15) is 0 Å². The van der Waals surface area contributed by atoms with Gasteiger partial charge in [-0.1, -0.05) is 48.5 Å². The van der Waals surface area contributed by atoms with Gasteiger partial charge in [-0.05, 0) is 36.6 Å². The molecule has 1 aliphatic heterocycles. The van der Waals surface area contributed by atoms with E-state index in [-0.39, 0.29) is 6.17 Å². The molecule has 2 aromatic carbocycles. The molecule has 3 nitrogen and oxygen atoms in total. The van der Waals surface area contributed by atoms with Crippen LogP contribution in [-0.2, 0) is 6.42 Å². The van der Waals surface area contributed by atoms with Gasteiger partial charge in [-0.3, -0.25) is 4.99 Å². The first-order chi connectivity index (χ1) is 13.3. The molecule has 3 heterocycles. The van der Waals surface area contributed by atoms with Crippen LogP contribution in [0.1, 0.15) is 18.1 Å². The number of para-hydroxylation sites is 1. The van der Waals surface area contributed by atoms with Gasteiger partial charge in [-0.25, -0.2) is 0 Å². The number of thiophene rings is 1. The molecule has 5 rings (SSSR count). The molecule has 2 aromatic heterocycles. The van der Waals surface area contributed by atoms with Crippen LogP contribution < -0.4 is 4.90 Å². The minimum Gasteiger partial charge on any atom is -0.361 e. The Kier molecular flexibility index (Phi) is 4.06. The molecule has 134 valence electrons. The number of nitrogens with one attached hydrogen (secondary N) is 1. The number of aromatic amines is 1. The average molecular weight is 372 g/mol. The lowest BCUT2D eigenvalue weighted by atomic mass is 10.1. The molecule has 0 bridgehead atoms. The summed E-state index contributed by atoms with van der Waals surface area (Å²) in [6.45, 7) is 3.14. The maximum Gasteiger partial charge on any atom is 0.118 e. The minimum atomic E-state index is 0.171. The van der Waals surface area contributed by atoms with E-state index in [4.69, 9.17) is 4.99 Å². The van der Waals surface area contributed by atoms with Gasteiger partial charge in [0.25, 0.3) is 0 Å². The van der Waals surface area contributed by atoms with Crippen molar-refractivity contribution in [2.45, 2.75) is 19.5 Å². The van der Waals surface area contributed by atoms with Gasteiger partial charge >= 0.3 is 0 Å². The van der Waals surface area contributed by atoms with E-state index in [1.807, 2.05) is 17.6 Å². The average Bonchev–Trinajstić information content (AvgIpc) is 3.32. The SMILES string of the molecule is CC1N=Cc2cc(-c3ccccc3)sc2N1CCc1c[nH]c2ccccc12. The van der Waals surface area contributed by atoms with Crippen molar-refractivity contribution in [3.05, 3.63) is 78.0 Å². The summed E-state index contributed by atoms with van der Waals surface area (Å²) in [7, 11) is 0. The number of nitrogens with zero attached hydrogens (tertiary/aromatic N) is 2. The molecule has 1 atom stereocenters. The Bertz CT molecular complexity index is 1110. The Balaban J connectivity index is 1.43. The van der Waals surface area contributed by atoms with Crippen LogP contribution in [0, 0.1) is 0 Å². The van der Waals surface area contributed by atoms with Gasteiger partial charge in [-0.2, -0.15) is 0 Å². The van der Waals surface area contributed by atoms with Crippen LogP contribution in [-0.4, -0.2) is 23.9 Å². The van der Waals surface area contributed by atoms with E-state index in [1.54, 1.807) is 0 Å². The Morgan fingerprint density at radius 1 is 1.07 bits per heavy atom. The maximum atomic E-state index is 4.72. The second-order valence-corrected chi connectivity index (χ2v) is 7.98. The zero-order chi connectivity index (χ0) is 18.2. The number of H-pyrrole nitrogens is 1. The van der Waals surface area contributed by atoms with Gasteiger partial charge in [0.15, 0.2) is 0 Å². The van der Waals surface area contributed by atoms with Gasteiger partial charge < -0.3 is 9.88 Å². The van der Waals surface area contributed by atoms with Gasteiger partial charge in [0.2, 0.25) is 0 Å². The molecule has 4 aromatic rings. The monoisotopic (exact) mass is 371 g/mol. The van der Waals surface area contributed by atoms with Crippen molar-refractivity contribution in [2.75, 3.05) is 11.4 Å². The number of benzene rings is 2. The van der Waals surface area contributed by atoms with Crippen LogP contribution in [0.5, 0.6) is 0 Å². The molecule has 0 saturated carbocycles. The van der Waals surface area contributed by atoms with Crippen LogP contribution in [0.25, 0.3) is 21.3 Å². The third kappa shape index (κ3) is 2.96. The Labute approximate surface area is 163 Å². The summed E-state index contributed by atoms with van der Waals surface area (Å²) in [6, 6.07) is 21.4. The normalized spacial score (nSPS) is 16.0. The van der Waals surface area contributed by atoms with Crippen LogP contribution in [0.3, 0.4) is 0 Å². The smallest absolute Gasteiger partial charge is 0.118 e. The fourth-order valence-corrected chi connectivity index (χ4v) is 5.00. The van der Waals surface area contributed by atoms with Gasteiger partial charge in [0.1, 0.15) is 11.2 Å². The first-order valence-corrected chi connectivity index (χ1v) is 10.2. The molecule has 4 heteroatoms. The van der Waals surface area contributed by atoms with Gasteiger partial charge in [-0.15, -0.1) is 11.3 Å². The number of hydrogen-bond acceptors (Lipinski definition) is 3. The number of rotatable bonds is 4. The first-order valence-electron chi connectivity index (χ1n) is 9.33. The number of aromatic nitrogens is 1. The number of aliphatic imine (C=N–C) groups is 1. The zero-order valence-electron chi connectivity index (χ0n) is 15.2. The highest BCUT2D eigenvalue weighted by Gasteiger charge is 2.23. The van der Waals surface area contributed by atoms with Crippen LogP contribution in [0.2, 0.25) is 0 Å². The number of anilines is 1. The van der Waals surface area contributed by atoms with Crippen LogP contribution in [0.4, 0.5) is 5.00 Å². The molecular formula is C23H21N3S. The summed E-state index contributed by atoms with van der Waals surface area (Å²) >= 11 is 1.87. The Morgan fingerprint density at radius 2 is 1.89 bits per heavy atom. The lowest BCUT2D eigenvalue weighted by Gasteiger charge is -2.30. The first kappa shape index (κ1) is 16.3. The molecule has 0 aliphatic carbocycles. The van der Waals surface area contributed by atoms with E-state index >= 15 is 0 Å². The molecule has 0 radical (unpaired) electrons. The quantitative estimate of drug-likeness (QED) is 0.488. The molecule has 0 saturated heterocycles. The third-order valence-corrected chi connectivity index (χ3v) is 6.47. The third-order valence-electron chi connectivity index (χ3n) is 5.24. The lowest BCUT2D eigenvalue weighted by Crippen LogP contribution is -2.35. The fourth-order valence-electron chi connectivity index (χ4n) is 3.76. The topological polar surface area (TPSA) is 31.4 Å². The van der Waals surface area contributed by atoms with Gasteiger partial charge in [0, 0.05) is 40.3 Å². The van der Waals surface area contributed by atoms with E-state index in [2.05, 4.69) is 83.7 Å². The predicted octanol–water partition coefficient (Wildman–Crippen LogP) is 5.72. The second-order valence-electron chi connectivity index (χ2n) is 6.95. The second kappa shape index (κ2) is 6.71. The molecule has 1 aliphatic rings. The van der Waals surface area contributed by atoms with Crippen molar-refractivity contribution >= 4 is 33.5 Å². The molecule has 27 heavy (non-hydrogen) atoms. The predicted molar refractivity (Wildman–Crippen MR) is 116 cm³/mol. The molecule has 1 N–H and O–H groups in total. The molecule has 0 spiro atoms. The standard InChI is InChI=1S/C23H21N3S/c1-16-24-15-19-13-22(17-7-3-2-4-8-17)27-23(19)26(16)12-11-18-14-25-21-10-6-5-9-20(18)21/h2-10,13-16,25H,11-12H2,1H3. The van der Waals surface area contributed by atoms with Crippen LogP contribution >= 0.6 is 11.3 Å². The van der Waals surface area contributed by atoms with Crippen molar-refractivity contribution in [3.8, 4) is 10.4 Å². The highest BCUT2D eigenvalue weighted by Crippen LogP contribution is 2.39. The van der Waals surface area contributed by atoms with Crippen molar-refractivity contribution in [2.24, 2.45) is 4.99 Å². The van der Waals surface area contributed by atoms with E-state index in [1.165, 1.54) is 37.5 Å². The highest BCUT2D eigenvalue weighted by molar-refractivity contribution is 7.19. The lowest BCUT2D eigenvalue weighted by molar-refractivity contribution is 0.659. The summed E-state index contributed by atoms with van der Waals surface area (Å²) in [5.41, 5.74) is 5.08. The summed E-state index contributed by atoms with van der Waals surface area (Å²) in [5, 5.41) is 2.65. The summed E-state index contributed by atoms with van der Waals surface area (Å²) in [6.07, 6.45) is 5.35.